The van der Waals surface area contributed by atoms with Crippen LogP contribution in [-0.2, 0) is 17.5 Å². The van der Waals surface area contributed by atoms with E-state index in [1.165, 1.54) is 18.2 Å². The number of hydrogen-bond donors (Lipinski definition) is 4. The van der Waals surface area contributed by atoms with E-state index in [2.05, 4.69) is 30.9 Å². The van der Waals surface area contributed by atoms with Crippen LogP contribution in [0.25, 0.3) is 11.2 Å². The summed E-state index contributed by atoms with van der Waals surface area (Å²) >= 11 is 12.8. The zero-order chi connectivity index (χ0) is 32.4. The topological polar surface area (TPSA) is 121 Å². The Morgan fingerprint density at radius 2 is 1.70 bits per heavy atom. The number of fused-ring (bicyclic) bond motifs is 1. The van der Waals surface area contributed by atoms with Gasteiger partial charge in [-0.3, -0.25) is 9.59 Å². The molecule has 2 aromatic heterocycles. The third-order valence-corrected chi connectivity index (χ3v) is 6.64. The van der Waals surface area contributed by atoms with Gasteiger partial charge in [-0.05, 0) is 55.8 Å². The van der Waals surface area contributed by atoms with Gasteiger partial charge >= 0.3 is 6.18 Å². The van der Waals surface area contributed by atoms with Gasteiger partial charge in [0.1, 0.15) is 5.56 Å². The first-order valence-corrected chi connectivity index (χ1v) is 13.3. The number of pyridine rings is 1. The van der Waals surface area contributed by atoms with Crippen LogP contribution in [0.5, 0.6) is 5.88 Å². The van der Waals surface area contributed by atoms with Crippen molar-refractivity contribution in [2.24, 2.45) is 0 Å². The zero-order valence-corrected chi connectivity index (χ0v) is 24.2. The number of ether oxygens (including phenoxy) is 1. The predicted molar refractivity (Wildman–Crippen MR) is 152 cm³/mol. The summed E-state index contributed by atoms with van der Waals surface area (Å²) in [7, 11) is 0. The minimum atomic E-state index is -4.58. The highest BCUT2D eigenvalue weighted by Gasteiger charge is 2.30. The van der Waals surface area contributed by atoms with Crippen molar-refractivity contribution in [1.82, 2.24) is 20.3 Å². The molecule has 9 nitrogen and oxygen atoms in total. The predicted octanol–water partition coefficient (Wildman–Crippen LogP) is 7.29. The maximum atomic E-state index is 13.9. The first-order valence-electron chi connectivity index (χ1n) is 12.5. The van der Waals surface area contributed by atoms with Gasteiger partial charge < -0.3 is 25.7 Å². The summed E-state index contributed by atoms with van der Waals surface area (Å²) in [4.78, 5) is 36.0. The molecule has 4 rings (SSSR count). The number of amides is 2. The number of anilines is 3. The van der Waals surface area contributed by atoms with Crippen LogP contribution in [0.15, 0.2) is 42.5 Å². The van der Waals surface area contributed by atoms with Crippen LogP contribution in [0.2, 0.25) is 10.0 Å². The lowest BCUT2D eigenvalue weighted by Crippen LogP contribution is -2.38. The quantitative estimate of drug-likeness (QED) is 0.132. The summed E-state index contributed by atoms with van der Waals surface area (Å²) in [5.74, 6) is -2.28. The van der Waals surface area contributed by atoms with E-state index in [-0.39, 0.29) is 50.6 Å². The molecule has 0 spiro atoms. The van der Waals surface area contributed by atoms with Crippen molar-refractivity contribution in [3.05, 3.63) is 69.2 Å². The molecular formula is C27H22Cl2F6N6O3. The molecular weight excluding hydrogens is 641 g/mol. The van der Waals surface area contributed by atoms with Crippen molar-refractivity contribution in [3.63, 3.8) is 0 Å². The Bertz CT molecular complexity index is 1690. The molecule has 0 atom stereocenters. The molecule has 0 aliphatic heterocycles. The summed E-state index contributed by atoms with van der Waals surface area (Å²) in [6.07, 6.45) is -7.50. The Morgan fingerprint density at radius 1 is 1.02 bits per heavy atom. The van der Waals surface area contributed by atoms with Crippen LogP contribution in [-0.4, -0.2) is 45.5 Å². The number of imidazole rings is 1. The number of H-pyrrole nitrogens is 1. The Balaban J connectivity index is 1.62. The minimum absolute atomic E-state index is 0.00230. The molecule has 0 aliphatic carbocycles. The molecule has 4 aromatic rings. The van der Waals surface area contributed by atoms with Gasteiger partial charge in [0.05, 0.1) is 26.8 Å². The van der Waals surface area contributed by atoms with Gasteiger partial charge in [0, 0.05) is 12.2 Å². The first kappa shape index (κ1) is 32.7. The van der Waals surface area contributed by atoms with E-state index < -0.39 is 48.1 Å². The molecule has 0 saturated heterocycles. The number of benzene rings is 2. The highest BCUT2D eigenvalue weighted by Crippen LogP contribution is 2.36. The number of halogens is 8. The molecule has 4 N–H and O–H groups in total. The lowest BCUT2D eigenvalue weighted by Gasteiger charge is -2.16. The largest absolute Gasteiger partial charge is 0.471 e. The zero-order valence-electron chi connectivity index (χ0n) is 22.7. The number of aromatic nitrogens is 3. The third-order valence-electron chi connectivity index (χ3n) is 5.89. The Kier molecular flexibility index (Phi) is 9.49. The van der Waals surface area contributed by atoms with Crippen LogP contribution in [0, 0.1) is 0 Å². The SMILES string of the molecule is CC(C)(F)C(=O)NCc1ccc(Cl)c(Nc2nc3nc(OCC(F)F)c(C(=O)Nc4ccc(C(F)(F)F)cc4)cc3[nH]2)c1Cl. The monoisotopic (exact) mass is 662 g/mol. The molecule has 44 heavy (non-hydrogen) atoms. The van der Waals surface area contributed by atoms with Crippen molar-refractivity contribution < 1.29 is 40.7 Å². The van der Waals surface area contributed by atoms with E-state index >= 15 is 0 Å². The summed E-state index contributed by atoms with van der Waals surface area (Å²) < 4.78 is 83.4. The fourth-order valence-corrected chi connectivity index (χ4v) is 4.22. The van der Waals surface area contributed by atoms with E-state index in [0.29, 0.717) is 5.56 Å². The first-order chi connectivity index (χ1) is 20.5. The highest BCUT2D eigenvalue weighted by molar-refractivity contribution is 6.39. The van der Waals surface area contributed by atoms with Gasteiger partial charge in [-0.2, -0.15) is 23.1 Å². The number of carbonyl (C=O) groups excluding carboxylic acids is 2. The summed E-state index contributed by atoms with van der Waals surface area (Å²) in [6, 6.07) is 7.77. The van der Waals surface area contributed by atoms with Crippen molar-refractivity contribution in [1.29, 1.82) is 0 Å². The van der Waals surface area contributed by atoms with Gasteiger partial charge in [0.15, 0.2) is 17.9 Å². The van der Waals surface area contributed by atoms with Crippen molar-refractivity contribution in [2.75, 3.05) is 17.2 Å². The van der Waals surface area contributed by atoms with Crippen LogP contribution in [0.1, 0.15) is 35.3 Å². The van der Waals surface area contributed by atoms with Gasteiger partial charge in [-0.1, -0.05) is 29.3 Å². The highest BCUT2D eigenvalue weighted by atomic mass is 35.5. The van der Waals surface area contributed by atoms with Crippen molar-refractivity contribution >= 4 is 63.5 Å². The molecule has 0 saturated carbocycles. The smallest absolute Gasteiger partial charge is 0.416 e. The Morgan fingerprint density at radius 3 is 2.32 bits per heavy atom. The maximum Gasteiger partial charge on any atom is 0.416 e. The average Bonchev–Trinajstić information content (AvgIpc) is 3.33. The van der Waals surface area contributed by atoms with Gasteiger partial charge in [0.25, 0.3) is 18.2 Å². The molecule has 2 heterocycles. The lowest BCUT2D eigenvalue weighted by molar-refractivity contribution is -0.137. The molecule has 0 fully saturated rings. The standard InChI is InChI=1S/C27H22Cl2F6N6O3/c1-26(2,32)24(43)36-10-12-3-8-16(28)20(19(12)29)39-25-38-17-9-15(23(40-21(17)41-25)44-11-18(30)31)22(42)37-14-6-4-13(5-7-14)27(33,34)35/h3-9,18H,10-11H2,1-2H3,(H,36,43)(H,37,42)(H2,38,39,40,41). The molecule has 0 bridgehead atoms. The van der Waals surface area contributed by atoms with Gasteiger partial charge in [0.2, 0.25) is 11.8 Å². The van der Waals surface area contributed by atoms with E-state index in [4.69, 9.17) is 27.9 Å². The summed E-state index contributed by atoms with van der Waals surface area (Å²) in [6.45, 7) is 0.966. The Hall–Kier alpha value is -4.24. The van der Waals surface area contributed by atoms with E-state index in [1.54, 1.807) is 0 Å². The second kappa shape index (κ2) is 12.8. The molecule has 17 heteroatoms. The molecule has 2 amide bonds. The fraction of sp³-hybridized carbons (Fsp3) is 0.259. The van der Waals surface area contributed by atoms with Crippen LogP contribution >= 0.6 is 23.2 Å². The average molecular weight is 663 g/mol. The van der Waals surface area contributed by atoms with Crippen molar-refractivity contribution in [3.8, 4) is 5.88 Å². The van der Waals surface area contributed by atoms with Crippen LogP contribution < -0.4 is 20.7 Å². The van der Waals surface area contributed by atoms with Crippen LogP contribution in [0.3, 0.4) is 0 Å². The second-order valence-corrected chi connectivity index (χ2v) is 10.5. The van der Waals surface area contributed by atoms with Crippen molar-refractivity contribution in [2.45, 2.75) is 38.7 Å². The van der Waals surface area contributed by atoms with Gasteiger partial charge in [-0.15, -0.1) is 0 Å². The lowest BCUT2D eigenvalue weighted by atomic mass is 10.1. The normalized spacial score (nSPS) is 12.0. The van der Waals surface area contributed by atoms with E-state index in [0.717, 1.165) is 38.1 Å². The number of rotatable bonds is 10. The second-order valence-electron chi connectivity index (χ2n) is 9.70. The third kappa shape index (κ3) is 7.82. The Labute approximate surface area is 255 Å². The number of nitrogens with zero attached hydrogens (tertiary/aromatic N) is 2. The number of carbonyl (C=O) groups is 2. The molecule has 0 aliphatic rings. The van der Waals surface area contributed by atoms with Crippen LogP contribution in [0.4, 0.5) is 43.7 Å². The van der Waals surface area contributed by atoms with E-state index in [9.17, 15) is 35.9 Å². The molecule has 234 valence electrons. The van der Waals surface area contributed by atoms with Gasteiger partial charge in [-0.25, -0.2) is 13.2 Å². The molecule has 0 unspecified atom stereocenters. The van der Waals surface area contributed by atoms with E-state index in [1.807, 2.05) is 0 Å². The minimum Gasteiger partial charge on any atom is -0.471 e. The fourth-order valence-electron chi connectivity index (χ4n) is 3.69. The molecule has 2 aromatic carbocycles. The summed E-state index contributed by atoms with van der Waals surface area (Å²) in [5.41, 5.74) is -2.78. The number of hydrogen-bond acceptors (Lipinski definition) is 6. The summed E-state index contributed by atoms with van der Waals surface area (Å²) in [5, 5.41) is 7.86. The number of alkyl halides is 6. The number of aromatic amines is 1. The maximum absolute atomic E-state index is 13.9. The number of nitrogens with one attached hydrogen (secondary N) is 4. The molecule has 0 radical (unpaired) electrons.